The second kappa shape index (κ2) is 7.29. The zero-order valence-corrected chi connectivity index (χ0v) is 11.3. The van der Waals surface area contributed by atoms with Gasteiger partial charge in [-0.1, -0.05) is 39.5 Å². The summed E-state index contributed by atoms with van der Waals surface area (Å²) in [5.41, 5.74) is 0.489. The van der Waals surface area contributed by atoms with Gasteiger partial charge in [-0.3, -0.25) is 0 Å². The molecule has 1 unspecified atom stereocenters. The van der Waals surface area contributed by atoms with Crippen molar-refractivity contribution in [2.75, 3.05) is 26.8 Å². The number of hydrogen-bond donors (Lipinski definition) is 1. The zero-order valence-electron chi connectivity index (χ0n) is 11.3. The van der Waals surface area contributed by atoms with Crippen LogP contribution >= 0.6 is 0 Å². The molecule has 0 radical (unpaired) electrons. The van der Waals surface area contributed by atoms with E-state index in [0.29, 0.717) is 5.41 Å². The minimum atomic E-state index is 0.489. The summed E-state index contributed by atoms with van der Waals surface area (Å²) in [6.45, 7) is 7.71. The molecule has 1 saturated carbocycles. The molecule has 2 heteroatoms. The van der Waals surface area contributed by atoms with Gasteiger partial charge in [-0.2, -0.15) is 0 Å². The number of ether oxygens (including phenoxy) is 1. The van der Waals surface area contributed by atoms with Crippen LogP contribution in [0.15, 0.2) is 0 Å². The Morgan fingerprint density at radius 1 is 1.31 bits per heavy atom. The molecule has 1 N–H and O–H groups in total. The molecular formula is C14H29NO. The molecule has 0 saturated heterocycles. The zero-order chi connectivity index (χ0) is 11.9. The van der Waals surface area contributed by atoms with Gasteiger partial charge in [0.15, 0.2) is 0 Å². The van der Waals surface area contributed by atoms with Crippen LogP contribution in [-0.4, -0.2) is 26.8 Å². The second-order valence-electron chi connectivity index (χ2n) is 5.69. The summed E-state index contributed by atoms with van der Waals surface area (Å²) in [7, 11) is 1.76. The topological polar surface area (TPSA) is 21.3 Å². The highest BCUT2D eigenvalue weighted by molar-refractivity contribution is 4.81. The van der Waals surface area contributed by atoms with E-state index in [4.69, 9.17) is 4.74 Å². The molecule has 0 amide bonds. The molecule has 1 atom stereocenters. The maximum Gasteiger partial charge on any atom is 0.0587 e. The highest BCUT2D eigenvalue weighted by Gasteiger charge is 2.27. The molecule has 96 valence electrons. The van der Waals surface area contributed by atoms with Gasteiger partial charge in [-0.15, -0.1) is 0 Å². The van der Waals surface area contributed by atoms with Gasteiger partial charge >= 0.3 is 0 Å². The fourth-order valence-corrected chi connectivity index (χ4v) is 2.82. The van der Waals surface area contributed by atoms with E-state index in [1.807, 2.05) is 0 Å². The molecule has 0 aromatic carbocycles. The van der Waals surface area contributed by atoms with E-state index in [9.17, 15) is 0 Å². The molecule has 0 aromatic rings. The van der Waals surface area contributed by atoms with Gasteiger partial charge in [0, 0.05) is 20.2 Å². The third-order valence-electron chi connectivity index (χ3n) is 4.14. The van der Waals surface area contributed by atoms with Crippen LogP contribution in [0.4, 0.5) is 0 Å². The van der Waals surface area contributed by atoms with E-state index in [0.717, 1.165) is 25.6 Å². The first kappa shape index (κ1) is 14.0. The van der Waals surface area contributed by atoms with E-state index in [2.05, 4.69) is 19.2 Å². The van der Waals surface area contributed by atoms with Crippen molar-refractivity contribution in [2.24, 2.45) is 11.3 Å². The largest absolute Gasteiger partial charge is 0.383 e. The molecular weight excluding hydrogens is 198 g/mol. The summed E-state index contributed by atoms with van der Waals surface area (Å²) in [5, 5.41) is 3.53. The van der Waals surface area contributed by atoms with Crippen molar-refractivity contribution < 1.29 is 4.74 Å². The van der Waals surface area contributed by atoms with Gasteiger partial charge in [0.2, 0.25) is 0 Å². The van der Waals surface area contributed by atoms with Crippen molar-refractivity contribution in [3.63, 3.8) is 0 Å². The molecule has 16 heavy (non-hydrogen) atoms. The standard InChI is InChI=1S/C14H29NO/c1-4-14(2,12-15-9-10-16-3)11-13-7-5-6-8-13/h13,15H,4-12H2,1-3H3. The van der Waals surface area contributed by atoms with Gasteiger partial charge in [-0.25, -0.2) is 0 Å². The van der Waals surface area contributed by atoms with Crippen LogP contribution in [0.1, 0.15) is 52.4 Å². The molecule has 1 aliphatic carbocycles. The molecule has 1 fully saturated rings. The fraction of sp³-hybridized carbons (Fsp3) is 1.00. The van der Waals surface area contributed by atoms with Crippen LogP contribution in [0.3, 0.4) is 0 Å². The van der Waals surface area contributed by atoms with Crippen molar-refractivity contribution in [1.82, 2.24) is 5.32 Å². The number of nitrogens with one attached hydrogen (secondary N) is 1. The maximum atomic E-state index is 5.06. The van der Waals surface area contributed by atoms with Crippen molar-refractivity contribution in [3.8, 4) is 0 Å². The molecule has 1 rings (SSSR count). The maximum absolute atomic E-state index is 5.06. The molecule has 0 bridgehead atoms. The van der Waals surface area contributed by atoms with Gasteiger partial charge in [0.1, 0.15) is 0 Å². The van der Waals surface area contributed by atoms with Crippen molar-refractivity contribution in [1.29, 1.82) is 0 Å². The molecule has 1 aliphatic rings. The lowest BCUT2D eigenvalue weighted by atomic mass is 9.78. The Labute approximate surface area is 101 Å². The van der Waals surface area contributed by atoms with Crippen molar-refractivity contribution in [3.05, 3.63) is 0 Å². The Kier molecular flexibility index (Phi) is 6.37. The summed E-state index contributed by atoms with van der Waals surface area (Å²) in [5.74, 6) is 0.995. The lowest BCUT2D eigenvalue weighted by Gasteiger charge is -2.31. The number of rotatable bonds is 8. The van der Waals surface area contributed by atoms with E-state index in [1.165, 1.54) is 38.5 Å². The Hall–Kier alpha value is -0.0800. The van der Waals surface area contributed by atoms with E-state index >= 15 is 0 Å². The first-order valence-corrected chi connectivity index (χ1v) is 6.90. The van der Waals surface area contributed by atoms with E-state index in [-0.39, 0.29) is 0 Å². The van der Waals surface area contributed by atoms with Crippen LogP contribution in [0.25, 0.3) is 0 Å². The Morgan fingerprint density at radius 3 is 2.56 bits per heavy atom. The van der Waals surface area contributed by atoms with Gasteiger partial charge in [0.05, 0.1) is 6.61 Å². The van der Waals surface area contributed by atoms with Crippen LogP contribution in [0.5, 0.6) is 0 Å². The van der Waals surface area contributed by atoms with Crippen LogP contribution in [0, 0.1) is 11.3 Å². The third kappa shape index (κ3) is 4.84. The highest BCUT2D eigenvalue weighted by Crippen LogP contribution is 2.37. The Balaban J connectivity index is 2.24. The fourth-order valence-electron chi connectivity index (χ4n) is 2.82. The Morgan fingerprint density at radius 2 is 2.00 bits per heavy atom. The SMILES string of the molecule is CCC(C)(CNCCOC)CC1CCCC1. The normalized spacial score (nSPS) is 21.2. The highest BCUT2D eigenvalue weighted by atomic mass is 16.5. The first-order chi connectivity index (χ1) is 7.70. The summed E-state index contributed by atoms with van der Waals surface area (Å²) in [6.07, 6.45) is 8.54. The van der Waals surface area contributed by atoms with Crippen LogP contribution < -0.4 is 5.32 Å². The lowest BCUT2D eigenvalue weighted by Crippen LogP contribution is -2.34. The Bertz CT molecular complexity index is 178. The average Bonchev–Trinajstić information content (AvgIpc) is 2.77. The molecule has 0 aromatic heterocycles. The quantitative estimate of drug-likeness (QED) is 0.643. The predicted octanol–water partition coefficient (Wildman–Crippen LogP) is 3.22. The molecule has 0 spiro atoms. The minimum Gasteiger partial charge on any atom is -0.383 e. The first-order valence-electron chi connectivity index (χ1n) is 6.90. The minimum absolute atomic E-state index is 0.489. The summed E-state index contributed by atoms with van der Waals surface area (Å²) in [4.78, 5) is 0. The predicted molar refractivity (Wildman–Crippen MR) is 69.7 cm³/mol. The summed E-state index contributed by atoms with van der Waals surface area (Å²) >= 11 is 0. The molecule has 2 nitrogen and oxygen atoms in total. The number of methoxy groups -OCH3 is 1. The van der Waals surface area contributed by atoms with Crippen LogP contribution in [0.2, 0.25) is 0 Å². The van der Waals surface area contributed by atoms with Gasteiger partial charge in [-0.05, 0) is 24.2 Å². The third-order valence-corrected chi connectivity index (χ3v) is 4.14. The average molecular weight is 227 g/mol. The summed E-state index contributed by atoms with van der Waals surface area (Å²) < 4.78 is 5.06. The number of hydrogen-bond acceptors (Lipinski definition) is 2. The van der Waals surface area contributed by atoms with E-state index < -0.39 is 0 Å². The second-order valence-corrected chi connectivity index (χ2v) is 5.69. The monoisotopic (exact) mass is 227 g/mol. The molecule has 0 heterocycles. The van der Waals surface area contributed by atoms with E-state index in [1.54, 1.807) is 7.11 Å². The van der Waals surface area contributed by atoms with Gasteiger partial charge < -0.3 is 10.1 Å². The van der Waals surface area contributed by atoms with Crippen molar-refractivity contribution in [2.45, 2.75) is 52.4 Å². The lowest BCUT2D eigenvalue weighted by molar-refractivity contribution is 0.181. The molecule has 0 aliphatic heterocycles. The smallest absolute Gasteiger partial charge is 0.0587 e. The van der Waals surface area contributed by atoms with Crippen molar-refractivity contribution >= 4 is 0 Å². The van der Waals surface area contributed by atoms with Crippen LogP contribution in [-0.2, 0) is 4.74 Å². The van der Waals surface area contributed by atoms with Gasteiger partial charge in [0.25, 0.3) is 0 Å². The summed E-state index contributed by atoms with van der Waals surface area (Å²) in [6, 6.07) is 0.